The summed E-state index contributed by atoms with van der Waals surface area (Å²) < 4.78 is 0. The summed E-state index contributed by atoms with van der Waals surface area (Å²) in [6, 6.07) is 9.33. The molecule has 0 atom stereocenters. The van der Waals surface area contributed by atoms with Crippen LogP contribution in [-0.2, 0) is 0 Å². The standard InChI is InChI=1S/C12H18N2O/c1-2-9-14(10-8-13)12(15)11-6-4-3-5-7-11/h3-7H,2,8-10,13H2,1H3. The summed E-state index contributed by atoms with van der Waals surface area (Å²) in [6.45, 7) is 3.97. The SMILES string of the molecule is CCCN(CCN)C(=O)c1ccccc1. The molecule has 0 radical (unpaired) electrons. The van der Waals surface area contributed by atoms with E-state index in [1.54, 1.807) is 4.90 Å². The van der Waals surface area contributed by atoms with Gasteiger partial charge in [-0.15, -0.1) is 0 Å². The molecule has 1 amide bonds. The molecule has 82 valence electrons. The quantitative estimate of drug-likeness (QED) is 0.793. The first-order valence-electron chi connectivity index (χ1n) is 5.34. The summed E-state index contributed by atoms with van der Waals surface area (Å²) in [5.74, 6) is 0.0721. The van der Waals surface area contributed by atoms with Crippen molar-refractivity contribution in [1.29, 1.82) is 0 Å². The van der Waals surface area contributed by atoms with Crippen LogP contribution < -0.4 is 5.73 Å². The molecule has 3 nitrogen and oxygen atoms in total. The fraction of sp³-hybridized carbons (Fsp3) is 0.417. The highest BCUT2D eigenvalue weighted by molar-refractivity contribution is 5.94. The minimum atomic E-state index is 0.0721. The summed E-state index contributed by atoms with van der Waals surface area (Å²) >= 11 is 0. The van der Waals surface area contributed by atoms with Gasteiger partial charge in [-0.3, -0.25) is 4.79 Å². The zero-order valence-corrected chi connectivity index (χ0v) is 9.15. The lowest BCUT2D eigenvalue weighted by Crippen LogP contribution is -2.35. The predicted octanol–water partition coefficient (Wildman–Crippen LogP) is 1.50. The highest BCUT2D eigenvalue weighted by Gasteiger charge is 2.12. The van der Waals surface area contributed by atoms with Crippen LogP contribution in [0.5, 0.6) is 0 Å². The van der Waals surface area contributed by atoms with E-state index in [9.17, 15) is 4.79 Å². The lowest BCUT2D eigenvalue weighted by atomic mass is 10.2. The number of carbonyl (C=O) groups excluding carboxylic acids is 1. The Kier molecular flexibility index (Phi) is 4.84. The lowest BCUT2D eigenvalue weighted by molar-refractivity contribution is 0.0760. The van der Waals surface area contributed by atoms with Crippen molar-refractivity contribution in [2.45, 2.75) is 13.3 Å². The van der Waals surface area contributed by atoms with Crippen LogP contribution in [0.25, 0.3) is 0 Å². The topological polar surface area (TPSA) is 46.3 Å². The van der Waals surface area contributed by atoms with Crippen molar-refractivity contribution in [2.75, 3.05) is 19.6 Å². The molecule has 1 rings (SSSR count). The van der Waals surface area contributed by atoms with Crippen molar-refractivity contribution in [3.05, 3.63) is 35.9 Å². The molecule has 0 aliphatic rings. The Labute approximate surface area is 90.9 Å². The zero-order valence-electron chi connectivity index (χ0n) is 9.15. The summed E-state index contributed by atoms with van der Waals surface area (Å²) in [4.78, 5) is 13.8. The first kappa shape index (κ1) is 11.7. The van der Waals surface area contributed by atoms with E-state index < -0.39 is 0 Å². The number of amides is 1. The van der Waals surface area contributed by atoms with Gasteiger partial charge in [-0.25, -0.2) is 0 Å². The van der Waals surface area contributed by atoms with Crippen molar-refractivity contribution in [2.24, 2.45) is 5.73 Å². The molecule has 3 heteroatoms. The first-order chi connectivity index (χ1) is 7.29. The van der Waals surface area contributed by atoms with Gasteiger partial charge in [0.2, 0.25) is 0 Å². The van der Waals surface area contributed by atoms with E-state index >= 15 is 0 Å². The second kappa shape index (κ2) is 6.19. The van der Waals surface area contributed by atoms with Gasteiger partial charge in [0.25, 0.3) is 5.91 Å². The highest BCUT2D eigenvalue weighted by Crippen LogP contribution is 2.04. The van der Waals surface area contributed by atoms with Gasteiger partial charge in [-0.05, 0) is 18.6 Å². The Hall–Kier alpha value is -1.35. The lowest BCUT2D eigenvalue weighted by Gasteiger charge is -2.21. The molecule has 0 aliphatic heterocycles. The number of hydrogen-bond donors (Lipinski definition) is 1. The van der Waals surface area contributed by atoms with Gasteiger partial charge in [0.05, 0.1) is 0 Å². The van der Waals surface area contributed by atoms with Crippen molar-refractivity contribution in [3.63, 3.8) is 0 Å². The monoisotopic (exact) mass is 206 g/mol. The van der Waals surface area contributed by atoms with Gasteiger partial charge in [0, 0.05) is 25.2 Å². The maximum absolute atomic E-state index is 12.0. The molecule has 0 fully saturated rings. The van der Waals surface area contributed by atoms with Crippen LogP contribution in [0, 0.1) is 0 Å². The van der Waals surface area contributed by atoms with Crippen LogP contribution in [0.2, 0.25) is 0 Å². The molecule has 0 saturated carbocycles. The predicted molar refractivity (Wildman–Crippen MR) is 61.7 cm³/mol. The molecule has 0 aromatic heterocycles. The molecule has 0 saturated heterocycles. The van der Waals surface area contributed by atoms with Crippen molar-refractivity contribution < 1.29 is 4.79 Å². The molecule has 2 N–H and O–H groups in total. The van der Waals surface area contributed by atoms with Gasteiger partial charge < -0.3 is 10.6 Å². The largest absolute Gasteiger partial charge is 0.337 e. The van der Waals surface area contributed by atoms with E-state index in [2.05, 4.69) is 6.92 Å². The summed E-state index contributed by atoms with van der Waals surface area (Å²) in [5.41, 5.74) is 6.22. The Bertz CT molecular complexity index is 292. The number of rotatable bonds is 5. The summed E-state index contributed by atoms with van der Waals surface area (Å²) in [6.07, 6.45) is 0.957. The number of nitrogens with zero attached hydrogens (tertiary/aromatic N) is 1. The van der Waals surface area contributed by atoms with E-state index in [0.29, 0.717) is 13.1 Å². The minimum absolute atomic E-state index is 0.0721. The van der Waals surface area contributed by atoms with Crippen molar-refractivity contribution >= 4 is 5.91 Å². The smallest absolute Gasteiger partial charge is 0.253 e. The highest BCUT2D eigenvalue weighted by atomic mass is 16.2. The summed E-state index contributed by atoms with van der Waals surface area (Å²) in [7, 11) is 0. The maximum atomic E-state index is 12.0. The second-order valence-corrected chi connectivity index (χ2v) is 3.45. The van der Waals surface area contributed by atoms with Crippen molar-refractivity contribution in [3.8, 4) is 0 Å². The second-order valence-electron chi connectivity index (χ2n) is 3.45. The average molecular weight is 206 g/mol. The molecule has 1 aromatic rings. The number of nitrogens with two attached hydrogens (primary N) is 1. The molecule has 0 bridgehead atoms. The molecule has 0 spiro atoms. The van der Waals surface area contributed by atoms with Crippen LogP contribution in [-0.4, -0.2) is 30.4 Å². The Morgan fingerprint density at radius 1 is 1.27 bits per heavy atom. The Morgan fingerprint density at radius 2 is 1.93 bits per heavy atom. The maximum Gasteiger partial charge on any atom is 0.253 e. The van der Waals surface area contributed by atoms with Gasteiger partial charge in [0.15, 0.2) is 0 Å². The Morgan fingerprint density at radius 3 is 2.47 bits per heavy atom. The molecular weight excluding hydrogens is 188 g/mol. The van der Waals surface area contributed by atoms with Crippen LogP contribution >= 0.6 is 0 Å². The van der Waals surface area contributed by atoms with Gasteiger partial charge in [-0.2, -0.15) is 0 Å². The molecule has 0 aliphatic carbocycles. The Balaban J connectivity index is 2.71. The molecule has 15 heavy (non-hydrogen) atoms. The fourth-order valence-electron chi connectivity index (χ4n) is 1.50. The van der Waals surface area contributed by atoms with E-state index in [4.69, 9.17) is 5.73 Å². The third-order valence-electron chi connectivity index (χ3n) is 2.20. The number of carbonyl (C=O) groups is 1. The van der Waals surface area contributed by atoms with E-state index in [1.807, 2.05) is 30.3 Å². The molecule has 0 heterocycles. The average Bonchev–Trinajstić information content (AvgIpc) is 2.29. The third-order valence-corrected chi connectivity index (χ3v) is 2.20. The molecular formula is C12H18N2O. The van der Waals surface area contributed by atoms with Gasteiger partial charge in [0.1, 0.15) is 0 Å². The minimum Gasteiger partial charge on any atom is -0.337 e. The van der Waals surface area contributed by atoms with Gasteiger partial charge >= 0.3 is 0 Å². The first-order valence-corrected chi connectivity index (χ1v) is 5.34. The van der Waals surface area contributed by atoms with Crippen molar-refractivity contribution in [1.82, 2.24) is 4.90 Å². The molecule has 1 aromatic carbocycles. The van der Waals surface area contributed by atoms with Crippen LogP contribution in [0.15, 0.2) is 30.3 Å². The van der Waals surface area contributed by atoms with E-state index in [0.717, 1.165) is 18.5 Å². The van der Waals surface area contributed by atoms with Gasteiger partial charge in [-0.1, -0.05) is 25.1 Å². The normalized spacial score (nSPS) is 10.0. The van der Waals surface area contributed by atoms with Crippen LogP contribution in [0.1, 0.15) is 23.7 Å². The fourth-order valence-corrected chi connectivity index (χ4v) is 1.50. The zero-order chi connectivity index (χ0) is 11.1. The molecule has 0 unspecified atom stereocenters. The van der Waals surface area contributed by atoms with Crippen LogP contribution in [0.3, 0.4) is 0 Å². The summed E-state index contributed by atoms with van der Waals surface area (Å²) in [5, 5.41) is 0. The van der Waals surface area contributed by atoms with E-state index in [-0.39, 0.29) is 5.91 Å². The number of benzene rings is 1. The number of hydrogen-bond acceptors (Lipinski definition) is 2. The van der Waals surface area contributed by atoms with E-state index in [1.165, 1.54) is 0 Å². The third kappa shape index (κ3) is 3.36. The van der Waals surface area contributed by atoms with Crippen LogP contribution in [0.4, 0.5) is 0 Å².